The second kappa shape index (κ2) is 16.4. The van der Waals surface area contributed by atoms with Crippen LogP contribution in [0.3, 0.4) is 0 Å². The topological polar surface area (TPSA) is 229 Å². The average Bonchev–Trinajstić information content (AvgIpc) is 3.02. The van der Waals surface area contributed by atoms with E-state index in [4.69, 9.17) is 15.3 Å². The molecule has 0 bridgehead atoms. The number of thioether (sulfide) groups is 1. The number of aliphatic hydroxyl groups is 1. The molecule has 0 saturated heterocycles. The summed E-state index contributed by atoms with van der Waals surface area (Å²) in [7, 11) is 5.76. The van der Waals surface area contributed by atoms with E-state index < -0.39 is 34.4 Å². The molecule has 0 fully saturated rings. The van der Waals surface area contributed by atoms with Crippen molar-refractivity contribution >= 4 is 55.9 Å². The Morgan fingerprint density at radius 1 is 1.25 bits per heavy atom. The van der Waals surface area contributed by atoms with Gasteiger partial charge in [0.15, 0.2) is 5.82 Å². The summed E-state index contributed by atoms with van der Waals surface area (Å²) in [6.45, 7) is 3.96. The predicted octanol–water partition coefficient (Wildman–Crippen LogP) is -3.93. The van der Waals surface area contributed by atoms with Gasteiger partial charge in [-0.2, -0.15) is 11.8 Å². The van der Waals surface area contributed by atoms with Gasteiger partial charge in [0, 0.05) is 19.3 Å². The molecule has 0 spiro atoms. The molecule has 0 aliphatic rings. The molecule has 1 unspecified atom stereocenters. The minimum atomic E-state index is -3.06. The van der Waals surface area contributed by atoms with E-state index in [-0.39, 0.29) is 32.0 Å². The number of nitrogens with zero attached hydrogens (tertiary/aromatic N) is 3. The van der Waals surface area contributed by atoms with Gasteiger partial charge in [-0.15, -0.1) is 0 Å². The molecule has 0 amide bonds. The summed E-state index contributed by atoms with van der Waals surface area (Å²) in [6, 6.07) is 2.07. The second-order valence-electron chi connectivity index (χ2n) is 7.88. The third-order valence-electron chi connectivity index (χ3n) is 4.47. The van der Waals surface area contributed by atoms with Crippen LogP contribution < -0.4 is 21.1 Å². The zero-order valence-electron chi connectivity index (χ0n) is 20.5. The fraction of sp³-hybridized carbons (Fsp3) is 0.550. The Labute approximate surface area is 231 Å². The Bertz CT molecular complexity index is 922. The number of carboxylic acid groups (broad SMARTS) is 3. The molecule has 16 heteroatoms. The van der Waals surface area contributed by atoms with Gasteiger partial charge in [-0.05, 0) is 39.6 Å². The van der Waals surface area contributed by atoms with Gasteiger partial charge in [0.1, 0.15) is 17.1 Å². The number of nitro groups is 1. The molecule has 0 aliphatic heterocycles. The van der Waals surface area contributed by atoms with Crippen molar-refractivity contribution < 1.29 is 44.2 Å². The van der Waals surface area contributed by atoms with Crippen LogP contribution in [0.25, 0.3) is 0 Å². The molecule has 1 rings (SSSR count). The molecule has 2 radical (unpaired) electrons. The molecular formula is C20H29BiN4O10S. The van der Waals surface area contributed by atoms with E-state index in [9.17, 15) is 39.8 Å². The SMILES string of the molecule is CC(O)(C(=O)[O-])C(C(=O)[O-])C(=O)[O-].Cc1cc(CSCCN(C)C(N)=C[N+](=O)[O-])oc1CN(C)C.[Bi+3]. The normalized spacial score (nSPS) is 12.7. The number of nitrogens with two attached hydrogens (primary N) is 1. The molecule has 0 saturated carbocycles. The number of hydrogen-bond acceptors (Lipinski definition) is 14. The van der Waals surface area contributed by atoms with Crippen molar-refractivity contribution in [1.29, 1.82) is 0 Å². The average molecular weight is 727 g/mol. The first-order valence-electron chi connectivity index (χ1n) is 9.98. The molecule has 200 valence electrons. The van der Waals surface area contributed by atoms with Gasteiger partial charge in [0.05, 0.1) is 41.0 Å². The second-order valence-corrected chi connectivity index (χ2v) is 8.98. The summed E-state index contributed by atoms with van der Waals surface area (Å²) >= 11 is 1.71. The molecule has 0 aliphatic carbocycles. The first-order chi connectivity index (χ1) is 16.0. The molecule has 1 atom stereocenters. The minimum Gasteiger partial charge on any atom is -0.549 e. The van der Waals surface area contributed by atoms with E-state index in [0.717, 1.165) is 35.8 Å². The summed E-state index contributed by atoms with van der Waals surface area (Å²) < 4.78 is 5.83. The quantitative estimate of drug-likeness (QED) is 0.0651. The molecule has 1 heterocycles. The van der Waals surface area contributed by atoms with Gasteiger partial charge >= 0.3 is 26.2 Å². The zero-order valence-corrected chi connectivity index (χ0v) is 24.7. The van der Waals surface area contributed by atoms with Gasteiger partial charge in [-0.3, -0.25) is 10.1 Å². The van der Waals surface area contributed by atoms with Crippen LogP contribution in [0.2, 0.25) is 0 Å². The van der Waals surface area contributed by atoms with Crippen LogP contribution in [0.1, 0.15) is 24.0 Å². The summed E-state index contributed by atoms with van der Waals surface area (Å²) in [4.78, 5) is 43.9. The summed E-state index contributed by atoms with van der Waals surface area (Å²) in [5, 5.41) is 49.6. The number of hydrogen-bond donors (Lipinski definition) is 2. The zero-order chi connectivity index (χ0) is 27.5. The van der Waals surface area contributed by atoms with Gasteiger partial charge in [0.2, 0.25) is 0 Å². The number of aryl methyl sites for hydroxylation is 1. The van der Waals surface area contributed by atoms with Crippen LogP contribution in [0.4, 0.5) is 0 Å². The van der Waals surface area contributed by atoms with Crippen molar-refractivity contribution in [2.75, 3.05) is 33.4 Å². The van der Waals surface area contributed by atoms with Crippen molar-refractivity contribution in [2.24, 2.45) is 11.7 Å². The van der Waals surface area contributed by atoms with Gasteiger partial charge in [-0.25, -0.2) is 0 Å². The fourth-order valence-corrected chi connectivity index (χ4v) is 3.38. The van der Waals surface area contributed by atoms with Gasteiger partial charge in [-0.1, -0.05) is 0 Å². The Hall–Kier alpha value is -2.42. The predicted molar refractivity (Wildman–Crippen MR) is 124 cm³/mol. The number of carbonyl (C=O) groups is 3. The van der Waals surface area contributed by atoms with Crippen molar-refractivity contribution in [3.8, 4) is 0 Å². The van der Waals surface area contributed by atoms with E-state index in [1.165, 1.54) is 5.56 Å². The number of carbonyl (C=O) groups excluding carboxylic acids is 3. The number of carboxylic acids is 3. The van der Waals surface area contributed by atoms with Crippen LogP contribution >= 0.6 is 11.8 Å². The molecule has 36 heavy (non-hydrogen) atoms. The molecular weight excluding hydrogens is 697 g/mol. The maximum absolute atomic E-state index is 10.3. The molecule has 3 N–H and O–H groups in total. The van der Waals surface area contributed by atoms with Crippen molar-refractivity contribution in [3.05, 3.63) is 45.3 Å². The number of rotatable bonds is 13. The summed E-state index contributed by atoms with van der Waals surface area (Å²) in [5.74, 6) is -5.71. The Kier molecular flexibility index (Phi) is 16.2. The minimum absolute atomic E-state index is 0. The smallest absolute Gasteiger partial charge is 0.549 e. The molecule has 14 nitrogen and oxygen atoms in total. The molecule has 0 aromatic carbocycles. The van der Waals surface area contributed by atoms with Gasteiger partial charge < -0.3 is 54.8 Å². The largest absolute Gasteiger partial charge is 3.00 e. The van der Waals surface area contributed by atoms with Crippen LogP contribution in [0.15, 0.2) is 22.5 Å². The number of aliphatic carboxylic acids is 3. The van der Waals surface area contributed by atoms with Crippen molar-refractivity contribution in [2.45, 2.75) is 31.7 Å². The number of furan rings is 1. The van der Waals surface area contributed by atoms with E-state index >= 15 is 0 Å². The first-order valence-corrected chi connectivity index (χ1v) is 11.1. The van der Waals surface area contributed by atoms with Crippen LogP contribution in [0.5, 0.6) is 0 Å². The Morgan fingerprint density at radius 3 is 2.17 bits per heavy atom. The van der Waals surface area contributed by atoms with E-state index in [2.05, 4.69) is 11.0 Å². The monoisotopic (exact) mass is 726 g/mol. The van der Waals surface area contributed by atoms with Crippen LogP contribution in [-0.2, 0) is 26.7 Å². The third-order valence-corrected chi connectivity index (χ3v) is 5.43. The van der Waals surface area contributed by atoms with E-state index in [1.807, 2.05) is 21.0 Å². The van der Waals surface area contributed by atoms with E-state index in [0.29, 0.717) is 13.5 Å². The Balaban J connectivity index is 0. The van der Waals surface area contributed by atoms with Crippen molar-refractivity contribution in [3.63, 3.8) is 0 Å². The standard InChI is InChI=1S/C14H24N4O3S.C6H8O7.Bi/c1-11-7-12(21-13(11)8-16(2)3)10-22-6-5-17(4)14(15)9-18(19)20;1-6(13,5(11)12)2(3(7)8)4(9)10;/h7,9H,5-6,8,10,15H2,1-4H3;2,13H,1H3,(H,7,8)(H,9,10)(H,11,12);/q;;+3/p-3. The maximum Gasteiger partial charge on any atom is 3.00 e. The summed E-state index contributed by atoms with van der Waals surface area (Å²) in [5.41, 5.74) is 3.70. The molecule has 1 aromatic rings. The Morgan fingerprint density at radius 2 is 1.78 bits per heavy atom. The summed E-state index contributed by atoms with van der Waals surface area (Å²) in [6.07, 6.45) is 0.814. The fourth-order valence-electron chi connectivity index (χ4n) is 2.49. The van der Waals surface area contributed by atoms with Gasteiger partial charge in [0.25, 0.3) is 6.20 Å². The van der Waals surface area contributed by atoms with Crippen LogP contribution in [0, 0.1) is 23.0 Å². The maximum atomic E-state index is 10.3. The first kappa shape index (κ1) is 35.7. The van der Waals surface area contributed by atoms with E-state index in [1.54, 1.807) is 23.7 Å². The van der Waals surface area contributed by atoms with Crippen LogP contribution in [-0.4, -0.2) is 103 Å². The van der Waals surface area contributed by atoms with Crippen molar-refractivity contribution in [1.82, 2.24) is 9.80 Å². The third kappa shape index (κ3) is 12.5. The molecule has 1 aromatic heterocycles.